The molecule has 1 unspecified atom stereocenters. The topological polar surface area (TPSA) is 32.3 Å². The number of nitrogens with one attached hydrogen (secondary N) is 1. The number of phenols is 1. The van der Waals surface area contributed by atoms with Gasteiger partial charge in [-0.05, 0) is 49.4 Å². The maximum atomic E-state index is 13.2. The summed E-state index contributed by atoms with van der Waals surface area (Å²) >= 11 is 0.476. The van der Waals surface area contributed by atoms with Crippen LogP contribution < -0.4 is 5.32 Å². The molecular formula is C15H14F3NOS. The maximum Gasteiger partial charge on any atom is 0.288 e. The fourth-order valence-electron chi connectivity index (χ4n) is 1.93. The quantitative estimate of drug-likeness (QED) is 0.760. The molecule has 2 rings (SSSR count). The predicted octanol–water partition coefficient (Wildman–Crippen LogP) is 5.02. The lowest BCUT2D eigenvalue weighted by Gasteiger charge is -2.17. The molecule has 0 heterocycles. The van der Waals surface area contributed by atoms with E-state index in [-0.39, 0.29) is 11.8 Å². The third-order valence-electron chi connectivity index (χ3n) is 2.92. The second-order valence-electron chi connectivity index (χ2n) is 4.47. The van der Waals surface area contributed by atoms with E-state index < -0.39 is 11.6 Å². The Morgan fingerprint density at radius 2 is 1.76 bits per heavy atom. The number of phenolic OH excluding ortho intramolecular Hbond substituents is 1. The molecule has 0 aliphatic carbocycles. The van der Waals surface area contributed by atoms with Crippen LogP contribution in [0.25, 0.3) is 0 Å². The first kappa shape index (κ1) is 15.6. The SMILES string of the molecule is CC(Nc1ccc(SC(F)F)cc1)c1cc(F)ccc1O. The molecule has 0 spiro atoms. The second-order valence-corrected chi connectivity index (χ2v) is 5.54. The molecule has 0 amide bonds. The van der Waals surface area contributed by atoms with Gasteiger partial charge in [-0.15, -0.1) is 0 Å². The van der Waals surface area contributed by atoms with E-state index in [0.717, 1.165) is 0 Å². The Bertz CT molecular complexity index is 604. The number of halogens is 3. The first-order chi connectivity index (χ1) is 9.95. The first-order valence-corrected chi connectivity index (χ1v) is 7.13. The molecule has 0 saturated carbocycles. The van der Waals surface area contributed by atoms with Crippen LogP contribution in [0.1, 0.15) is 18.5 Å². The molecule has 0 radical (unpaired) electrons. The highest BCUT2D eigenvalue weighted by molar-refractivity contribution is 7.99. The van der Waals surface area contributed by atoms with Gasteiger partial charge in [-0.2, -0.15) is 8.78 Å². The van der Waals surface area contributed by atoms with Crippen LogP contribution in [0.3, 0.4) is 0 Å². The fourth-order valence-corrected chi connectivity index (χ4v) is 2.43. The molecule has 0 saturated heterocycles. The summed E-state index contributed by atoms with van der Waals surface area (Å²) in [7, 11) is 0. The molecule has 21 heavy (non-hydrogen) atoms. The van der Waals surface area contributed by atoms with Crippen LogP contribution in [0.2, 0.25) is 0 Å². The van der Waals surface area contributed by atoms with Gasteiger partial charge in [0.1, 0.15) is 11.6 Å². The van der Waals surface area contributed by atoms with E-state index in [1.165, 1.54) is 18.2 Å². The Balaban J connectivity index is 2.08. The standard InChI is InChI=1S/C15H14F3NOS/c1-9(13-8-10(16)2-7-14(13)20)19-11-3-5-12(6-4-11)21-15(17)18/h2-9,15,19-20H,1H3. The Morgan fingerprint density at radius 1 is 1.10 bits per heavy atom. The zero-order chi connectivity index (χ0) is 15.4. The molecule has 2 aromatic rings. The van der Waals surface area contributed by atoms with Gasteiger partial charge in [0, 0.05) is 16.1 Å². The van der Waals surface area contributed by atoms with E-state index in [2.05, 4.69) is 5.32 Å². The van der Waals surface area contributed by atoms with Gasteiger partial charge in [0.25, 0.3) is 5.76 Å². The van der Waals surface area contributed by atoms with E-state index in [1.54, 1.807) is 31.2 Å². The lowest BCUT2D eigenvalue weighted by molar-refractivity contribution is 0.252. The van der Waals surface area contributed by atoms with E-state index in [1.807, 2.05) is 0 Å². The van der Waals surface area contributed by atoms with Crippen LogP contribution in [0.5, 0.6) is 5.75 Å². The Morgan fingerprint density at radius 3 is 2.38 bits per heavy atom. The second kappa shape index (κ2) is 6.76. The summed E-state index contributed by atoms with van der Waals surface area (Å²) < 4.78 is 37.6. The van der Waals surface area contributed by atoms with Crippen molar-refractivity contribution in [2.24, 2.45) is 0 Å². The Kier molecular flexibility index (Phi) is 5.01. The van der Waals surface area contributed by atoms with E-state index in [9.17, 15) is 18.3 Å². The number of hydrogen-bond donors (Lipinski definition) is 2. The van der Waals surface area contributed by atoms with Gasteiger partial charge in [-0.25, -0.2) is 4.39 Å². The lowest BCUT2D eigenvalue weighted by Crippen LogP contribution is -2.07. The molecule has 0 fully saturated rings. The first-order valence-electron chi connectivity index (χ1n) is 6.25. The largest absolute Gasteiger partial charge is 0.508 e. The van der Waals surface area contributed by atoms with Gasteiger partial charge >= 0.3 is 0 Å². The van der Waals surface area contributed by atoms with Crippen molar-refractivity contribution in [3.8, 4) is 5.75 Å². The Labute approximate surface area is 125 Å². The molecule has 2 nitrogen and oxygen atoms in total. The van der Waals surface area contributed by atoms with Crippen molar-refractivity contribution in [3.63, 3.8) is 0 Å². The minimum absolute atomic E-state index is 0.00118. The van der Waals surface area contributed by atoms with Gasteiger partial charge in [0.2, 0.25) is 0 Å². The van der Waals surface area contributed by atoms with Gasteiger partial charge in [-0.3, -0.25) is 0 Å². The average Bonchev–Trinajstić information content (AvgIpc) is 2.43. The summed E-state index contributed by atoms with van der Waals surface area (Å²) in [5.41, 5.74) is 1.13. The van der Waals surface area contributed by atoms with Crippen molar-refractivity contribution in [2.45, 2.75) is 23.6 Å². The van der Waals surface area contributed by atoms with E-state index in [0.29, 0.717) is 27.9 Å². The maximum absolute atomic E-state index is 13.2. The van der Waals surface area contributed by atoms with Gasteiger partial charge < -0.3 is 10.4 Å². The number of alkyl halides is 2. The number of thioether (sulfide) groups is 1. The average molecular weight is 313 g/mol. The molecule has 112 valence electrons. The zero-order valence-corrected chi connectivity index (χ0v) is 12.0. The minimum atomic E-state index is -2.45. The predicted molar refractivity (Wildman–Crippen MR) is 78.4 cm³/mol. The molecule has 0 aliphatic rings. The summed E-state index contributed by atoms with van der Waals surface area (Å²) in [5.74, 6) is -2.88. The molecule has 0 aromatic heterocycles. The Hall–Kier alpha value is -1.82. The van der Waals surface area contributed by atoms with Crippen LogP contribution in [0, 0.1) is 5.82 Å². The van der Waals surface area contributed by atoms with E-state index in [4.69, 9.17) is 0 Å². The van der Waals surface area contributed by atoms with Crippen molar-refractivity contribution in [1.29, 1.82) is 0 Å². The van der Waals surface area contributed by atoms with Crippen molar-refractivity contribution in [3.05, 3.63) is 53.8 Å². The molecule has 2 aromatic carbocycles. The van der Waals surface area contributed by atoms with E-state index >= 15 is 0 Å². The van der Waals surface area contributed by atoms with Gasteiger partial charge in [0.05, 0.1) is 6.04 Å². The fraction of sp³-hybridized carbons (Fsp3) is 0.200. The van der Waals surface area contributed by atoms with Crippen molar-refractivity contribution in [1.82, 2.24) is 0 Å². The number of anilines is 1. The van der Waals surface area contributed by atoms with Gasteiger partial charge in [-0.1, -0.05) is 11.8 Å². The van der Waals surface area contributed by atoms with Crippen LogP contribution in [-0.4, -0.2) is 10.9 Å². The molecule has 0 aliphatic heterocycles. The summed E-state index contributed by atoms with van der Waals surface area (Å²) in [6.45, 7) is 1.77. The number of aromatic hydroxyl groups is 1. The molecule has 1 atom stereocenters. The highest BCUT2D eigenvalue weighted by Crippen LogP contribution is 2.29. The van der Waals surface area contributed by atoms with Crippen LogP contribution in [0.4, 0.5) is 18.9 Å². The third-order valence-corrected chi connectivity index (χ3v) is 3.64. The smallest absolute Gasteiger partial charge is 0.288 e. The van der Waals surface area contributed by atoms with Gasteiger partial charge in [0.15, 0.2) is 0 Å². The number of benzene rings is 2. The van der Waals surface area contributed by atoms with Crippen LogP contribution in [-0.2, 0) is 0 Å². The summed E-state index contributed by atoms with van der Waals surface area (Å²) in [6, 6.07) is 9.90. The monoisotopic (exact) mass is 313 g/mol. The van der Waals surface area contributed by atoms with Crippen molar-refractivity contribution in [2.75, 3.05) is 5.32 Å². The molecule has 2 N–H and O–H groups in total. The van der Waals surface area contributed by atoms with Crippen molar-refractivity contribution >= 4 is 17.4 Å². The summed E-state index contributed by atoms with van der Waals surface area (Å²) in [4.78, 5) is 0.469. The van der Waals surface area contributed by atoms with Crippen LogP contribution in [0.15, 0.2) is 47.4 Å². The highest BCUT2D eigenvalue weighted by atomic mass is 32.2. The van der Waals surface area contributed by atoms with Crippen molar-refractivity contribution < 1.29 is 18.3 Å². The molecular weight excluding hydrogens is 299 g/mol. The third kappa shape index (κ3) is 4.32. The summed E-state index contributed by atoms with van der Waals surface area (Å²) in [5, 5.41) is 12.8. The van der Waals surface area contributed by atoms with Crippen LogP contribution >= 0.6 is 11.8 Å². The highest BCUT2D eigenvalue weighted by Gasteiger charge is 2.12. The minimum Gasteiger partial charge on any atom is -0.508 e. The summed E-state index contributed by atoms with van der Waals surface area (Å²) in [6.07, 6.45) is 0. The number of hydrogen-bond acceptors (Lipinski definition) is 3. The molecule has 6 heteroatoms. The normalized spacial score (nSPS) is 12.4. The zero-order valence-electron chi connectivity index (χ0n) is 11.2. The number of rotatable bonds is 5. The lowest BCUT2D eigenvalue weighted by atomic mass is 10.1. The molecule has 0 bridgehead atoms.